The van der Waals surface area contributed by atoms with Gasteiger partial charge in [0.25, 0.3) is 0 Å². The van der Waals surface area contributed by atoms with Crippen LogP contribution in [0.4, 0.5) is 0 Å². The van der Waals surface area contributed by atoms with Crippen molar-refractivity contribution in [2.24, 2.45) is 11.8 Å². The minimum absolute atomic E-state index is 0.370. The molecule has 3 N–H and O–H groups in total. The van der Waals surface area contributed by atoms with E-state index in [-0.39, 0.29) is 5.92 Å². The van der Waals surface area contributed by atoms with E-state index in [0.717, 1.165) is 13.0 Å². The molecule has 0 bridgehead atoms. The molecule has 2 saturated heterocycles. The van der Waals surface area contributed by atoms with Crippen LogP contribution in [-0.4, -0.2) is 53.6 Å². The number of aliphatic hydroxyl groups excluding tert-OH is 1. The molecule has 5 heteroatoms. The van der Waals surface area contributed by atoms with Gasteiger partial charge in [0.05, 0.1) is 31.2 Å². The largest absolute Gasteiger partial charge is 0.463 e. The molecule has 2 rings (SSSR count). The molecule has 2 aliphatic rings. The summed E-state index contributed by atoms with van der Waals surface area (Å²) in [6.45, 7) is 7.63. The number of hydrogen-bond acceptors (Lipinski definition) is 4. The summed E-state index contributed by atoms with van der Waals surface area (Å²) in [4.78, 5) is 13.8. The summed E-state index contributed by atoms with van der Waals surface area (Å²) in [7, 11) is 0. The van der Waals surface area contributed by atoms with Gasteiger partial charge in [-0.3, -0.25) is 0 Å². The summed E-state index contributed by atoms with van der Waals surface area (Å²) in [6.07, 6.45) is 2.42. The zero-order valence-electron chi connectivity index (χ0n) is 12.8. The second kappa shape index (κ2) is 6.00. The van der Waals surface area contributed by atoms with Crippen molar-refractivity contribution in [1.82, 2.24) is 0 Å². The summed E-state index contributed by atoms with van der Waals surface area (Å²) < 4.78 is 5.36. The van der Waals surface area contributed by atoms with Gasteiger partial charge in [-0.15, -0.1) is 0 Å². The van der Waals surface area contributed by atoms with Gasteiger partial charge in [-0.1, -0.05) is 13.8 Å². The lowest BCUT2D eigenvalue weighted by Gasteiger charge is -2.32. The molecule has 1 unspecified atom stereocenters. The van der Waals surface area contributed by atoms with Crippen LogP contribution in [0.15, 0.2) is 0 Å². The smallest absolute Gasteiger partial charge is 0.341 e. The van der Waals surface area contributed by atoms with Gasteiger partial charge < -0.3 is 19.8 Å². The van der Waals surface area contributed by atoms with Crippen molar-refractivity contribution in [3.63, 3.8) is 0 Å². The zero-order chi connectivity index (χ0) is 14.9. The van der Waals surface area contributed by atoms with Crippen molar-refractivity contribution in [3.8, 4) is 0 Å². The number of aliphatic hydroxyl groups is 2. The van der Waals surface area contributed by atoms with Crippen LogP contribution in [0.2, 0.25) is 0 Å². The lowest BCUT2D eigenvalue weighted by molar-refractivity contribution is -0.900. The van der Waals surface area contributed by atoms with Gasteiger partial charge in [0.1, 0.15) is 6.61 Å². The number of fused-ring (bicyclic) bond motifs is 1. The molecule has 0 aromatic heterocycles. The molecule has 0 amide bonds. The van der Waals surface area contributed by atoms with Crippen LogP contribution >= 0.6 is 0 Å². The number of quaternary nitrogens is 1. The van der Waals surface area contributed by atoms with Crippen LogP contribution in [0, 0.1) is 11.8 Å². The van der Waals surface area contributed by atoms with Crippen molar-refractivity contribution in [3.05, 3.63) is 0 Å². The van der Waals surface area contributed by atoms with Gasteiger partial charge >= 0.3 is 5.97 Å². The topological polar surface area (TPSA) is 71.2 Å². The van der Waals surface area contributed by atoms with Gasteiger partial charge in [-0.25, -0.2) is 4.79 Å². The third-order valence-corrected chi connectivity index (χ3v) is 5.22. The number of nitrogens with one attached hydrogen (secondary N) is 1. The fourth-order valence-electron chi connectivity index (χ4n) is 3.78. The maximum atomic E-state index is 12.2. The first-order valence-corrected chi connectivity index (χ1v) is 7.79. The van der Waals surface area contributed by atoms with Crippen LogP contribution in [0.3, 0.4) is 0 Å². The first-order valence-electron chi connectivity index (χ1n) is 7.79. The van der Waals surface area contributed by atoms with Crippen LogP contribution in [-0.2, 0) is 9.53 Å². The second-order valence-electron chi connectivity index (χ2n) is 6.71. The summed E-state index contributed by atoms with van der Waals surface area (Å²) in [5.74, 6) is -0.664. The van der Waals surface area contributed by atoms with E-state index >= 15 is 0 Å². The Bertz CT molecular complexity index is 348. The van der Waals surface area contributed by atoms with E-state index in [1.54, 1.807) is 18.7 Å². The minimum atomic E-state index is -1.80. The van der Waals surface area contributed by atoms with E-state index in [2.05, 4.69) is 0 Å². The van der Waals surface area contributed by atoms with Gasteiger partial charge in [-0.05, 0) is 12.8 Å². The van der Waals surface area contributed by atoms with Crippen molar-refractivity contribution >= 4 is 5.97 Å². The Hall–Kier alpha value is -0.650. The molecule has 0 spiro atoms. The van der Waals surface area contributed by atoms with Gasteiger partial charge in [-0.2, -0.15) is 0 Å². The van der Waals surface area contributed by atoms with E-state index in [1.165, 1.54) is 26.3 Å². The van der Waals surface area contributed by atoms with Gasteiger partial charge in [0.2, 0.25) is 0 Å². The number of esters is 1. The molecule has 0 aromatic rings. The van der Waals surface area contributed by atoms with Crippen LogP contribution in [0.1, 0.15) is 40.0 Å². The summed E-state index contributed by atoms with van der Waals surface area (Å²) in [6, 6.07) is 0.612. The summed E-state index contributed by atoms with van der Waals surface area (Å²) >= 11 is 0. The molecule has 0 radical (unpaired) electrons. The average Bonchev–Trinajstić information content (AvgIpc) is 2.97. The molecular formula is C15H28NO4+. The quantitative estimate of drug-likeness (QED) is 0.588. The second-order valence-corrected chi connectivity index (χ2v) is 6.71. The van der Waals surface area contributed by atoms with Gasteiger partial charge in [0, 0.05) is 19.3 Å². The molecule has 2 heterocycles. The number of ether oxygens (including phenoxy) is 1. The fourth-order valence-corrected chi connectivity index (χ4v) is 3.78. The Labute approximate surface area is 120 Å². The molecule has 2 fully saturated rings. The standard InChI is InChI=1S/C15H27NO4/c1-10(2)15(19,11(3)17)14(18)20-9-12-6-8-16-7-4-5-13(12)16/h10-13,17,19H,4-9H2,1-3H3/p+1/t11-,12+,13-,15+/m1/s1. The van der Waals surface area contributed by atoms with Gasteiger partial charge in [0.15, 0.2) is 5.60 Å². The third kappa shape index (κ3) is 2.71. The first kappa shape index (κ1) is 15.7. The SMILES string of the molecule is CC(C)[C@@](O)(C(=O)OC[C@@H]1CC[NH+]2CCC[C@H]12)[C@@H](C)O. The van der Waals surface area contributed by atoms with Crippen molar-refractivity contribution in [1.29, 1.82) is 0 Å². The van der Waals surface area contributed by atoms with Crippen molar-refractivity contribution in [2.75, 3.05) is 19.7 Å². The van der Waals surface area contributed by atoms with E-state index < -0.39 is 17.7 Å². The monoisotopic (exact) mass is 286 g/mol. The Morgan fingerprint density at radius 1 is 1.35 bits per heavy atom. The molecule has 5 atom stereocenters. The molecule has 5 nitrogen and oxygen atoms in total. The zero-order valence-corrected chi connectivity index (χ0v) is 12.8. The summed E-state index contributed by atoms with van der Waals surface area (Å²) in [5, 5.41) is 20.1. The van der Waals surface area contributed by atoms with Crippen LogP contribution < -0.4 is 4.90 Å². The lowest BCUT2D eigenvalue weighted by atomic mass is 9.85. The van der Waals surface area contributed by atoms with Crippen LogP contribution in [0.25, 0.3) is 0 Å². The molecule has 0 saturated carbocycles. The maximum Gasteiger partial charge on any atom is 0.341 e. The lowest BCUT2D eigenvalue weighted by Crippen LogP contribution is -3.11. The fraction of sp³-hybridized carbons (Fsp3) is 0.933. The Kier molecular flexibility index (Phi) is 4.72. The maximum absolute atomic E-state index is 12.2. The van der Waals surface area contributed by atoms with E-state index in [4.69, 9.17) is 4.74 Å². The number of carbonyl (C=O) groups is 1. The Morgan fingerprint density at radius 2 is 2.05 bits per heavy atom. The van der Waals surface area contributed by atoms with Crippen molar-refractivity contribution in [2.45, 2.75) is 57.8 Å². The minimum Gasteiger partial charge on any atom is -0.463 e. The van der Waals surface area contributed by atoms with E-state index in [9.17, 15) is 15.0 Å². The Balaban J connectivity index is 1.91. The highest BCUT2D eigenvalue weighted by Crippen LogP contribution is 2.25. The highest BCUT2D eigenvalue weighted by molar-refractivity contribution is 5.80. The number of carbonyl (C=O) groups excluding carboxylic acids is 1. The number of hydrogen-bond donors (Lipinski definition) is 3. The van der Waals surface area contributed by atoms with E-state index in [0.29, 0.717) is 18.6 Å². The Morgan fingerprint density at radius 3 is 2.65 bits per heavy atom. The molecule has 0 aliphatic carbocycles. The third-order valence-electron chi connectivity index (χ3n) is 5.22. The predicted octanol–water partition coefficient (Wildman–Crippen LogP) is -0.635. The van der Waals surface area contributed by atoms with E-state index in [1.807, 2.05) is 0 Å². The van der Waals surface area contributed by atoms with Crippen molar-refractivity contribution < 1.29 is 24.6 Å². The normalized spacial score (nSPS) is 33.8. The van der Waals surface area contributed by atoms with Crippen LogP contribution in [0.5, 0.6) is 0 Å². The average molecular weight is 286 g/mol. The molecule has 2 aliphatic heterocycles. The predicted molar refractivity (Wildman–Crippen MR) is 74.3 cm³/mol. The molecular weight excluding hydrogens is 258 g/mol. The highest BCUT2D eigenvalue weighted by Gasteiger charge is 2.47. The first-order chi connectivity index (χ1) is 9.37. The summed E-state index contributed by atoms with van der Waals surface area (Å²) in [5.41, 5.74) is -1.80. The molecule has 116 valence electrons. The highest BCUT2D eigenvalue weighted by atomic mass is 16.6. The molecule has 20 heavy (non-hydrogen) atoms. The number of rotatable bonds is 5. The molecule has 0 aromatic carbocycles.